The molecule has 1 rings (SSSR count). The minimum atomic E-state index is 0.139. The van der Waals surface area contributed by atoms with Gasteiger partial charge in [0.1, 0.15) is 6.29 Å². The molecule has 0 aromatic rings. The lowest BCUT2D eigenvalue weighted by Gasteiger charge is -2.14. The molecule has 1 atom stereocenters. The summed E-state index contributed by atoms with van der Waals surface area (Å²) in [6.07, 6.45) is 6.55. The summed E-state index contributed by atoms with van der Waals surface area (Å²) in [5.41, 5.74) is 5.76. The second-order valence-corrected chi connectivity index (χ2v) is 3.11. The van der Waals surface area contributed by atoms with E-state index in [0.29, 0.717) is 12.3 Å². The molecule has 10 heavy (non-hydrogen) atoms. The minimum absolute atomic E-state index is 0.139. The summed E-state index contributed by atoms with van der Waals surface area (Å²) in [7, 11) is 0. The highest BCUT2D eigenvalue weighted by molar-refractivity contribution is 5.50. The highest BCUT2D eigenvalue weighted by Gasteiger charge is 2.20. The predicted molar refractivity (Wildman–Crippen MR) is 40.6 cm³/mol. The average molecular weight is 141 g/mol. The Morgan fingerprint density at radius 3 is 2.60 bits per heavy atom. The Bertz CT molecular complexity index is 108. The topological polar surface area (TPSA) is 43.1 Å². The maximum atomic E-state index is 10.1. The third-order valence-electron chi connectivity index (χ3n) is 2.37. The molecule has 0 heterocycles. The number of hydrogen-bond acceptors (Lipinski definition) is 2. The quantitative estimate of drug-likeness (QED) is 0.598. The van der Waals surface area contributed by atoms with Crippen LogP contribution >= 0.6 is 0 Å². The van der Waals surface area contributed by atoms with Crippen molar-refractivity contribution >= 4 is 6.29 Å². The van der Waals surface area contributed by atoms with Crippen molar-refractivity contribution in [2.24, 2.45) is 11.7 Å². The minimum Gasteiger partial charge on any atom is -0.327 e. The Morgan fingerprint density at radius 2 is 2.10 bits per heavy atom. The molecule has 2 heteroatoms. The fourth-order valence-corrected chi connectivity index (χ4v) is 1.69. The predicted octanol–water partition coefficient (Wildman–Crippen LogP) is 1.09. The van der Waals surface area contributed by atoms with Gasteiger partial charge in [-0.3, -0.25) is 0 Å². The second-order valence-electron chi connectivity index (χ2n) is 3.11. The van der Waals surface area contributed by atoms with Crippen molar-refractivity contribution in [3.8, 4) is 0 Å². The zero-order valence-electron chi connectivity index (χ0n) is 6.25. The van der Waals surface area contributed by atoms with E-state index in [1.165, 1.54) is 25.7 Å². The summed E-state index contributed by atoms with van der Waals surface area (Å²) in [6.45, 7) is 0. The molecule has 1 unspecified atom stereocenters. The van der Waals surface area contributed by atoms with Crippen LogP contribution < -0.4 is 5.73 Å². The van der Waals surface area contributed by atoms with Crippen molar-refractivity contribution in [1.82, 2.24) is 0 Å². The number of carbonyl (C=O) groups is 1. The van der Waals surface area contributed by atoms with Gasteiger partial charge in [-0.2, -0.15) is 0 Å². The molecule has 0 spiro atoms. The van der Waals surface area contributed by atoms with Crippen LogP contribution in [0.5, 0.6) is 0 Å². The lowest BCUT2D eigenvalue weighted by molar-refractivity contribution is -0.108. The van der Waals surface area contributed by atoms with E-state index in [2.05, 4.69) is 0 Å². The van der Waals surface area contributed by atoms with Crippen molar-refractivity contribution in [2.75, 3.05) is 0 Å². The fourth-order valence-electron chi connectivity index (χ4n) is 1.69. The zero-order valence-corrected chi connectivity index (χ0v) is 6.25. The van der Waals surface area contributed by atoms with Crippen LogP contribution in [0.1, 0.15) is 32.1 Å². The monoisotopic (exact) mass is 141 g/mol. The molecule has 1 aliphatic carbocycles. The fraction of sp³-hybridized carbons (Fsp3) is 0.875. The smallest absolute Gasteiger partial charge is 0.121 e. The molecule has 1 aliphatic rings. The standard InChI is InChI=1S/C8H15NO/c9-8(5-6-10)7-3-1-2-4-7/h6-8H,1-5,9H2. The molecular weight excluding hydrogens is 126 g/mol. The molecule has 0 amide bonds. The molecule has 0 radical (unpaired) electrons. The molecule has 0 saturated heterocycles. The van der Waals surface area contributed by atoms with E-state index in [9.17, 15) is 4.79 Å². The normalized spacial score (nSPS) is 22.9. The zero-order chi connectivity index (χ0) is 7.40. The van der Waals surface area contributed by atoms with Gasteiger partial charge in [0.2, 0.25) is 0 Å². The third-order valence-corrected chi connectivity index (χ3v) is 2.37. The Hall–Kier alpha value is -0.370. The summed E-state index contributed by atoms with van der Waals surface area (Å²) in [5.74, 6) is 0.630. The Morgan fingerprint density at radius 1 is 1.50 bits per heavy atom. The molecule has 1 saturated carbocycles. The van der Waals surface area contributed by atoms with E-state index in [0.717, 1.165) is 6.29 Å². The highest BCUT2D eigenvalue weighted by Crippen LogP contribution is 2.27. The second kappa shape index (κ2) is 3.71. The summed E-state index contributed by atoms with van der Waals surface area (Å²) in [4.78, 5) is 10.1. The van der Waals surface area contributed by atoms with Crippen LogP contribution in [0.25, 0.3) is 0 Å². The number of carbonyl (C=O) groups excluding carboxylic acids is 1. The molecule has 0 aromatic heterocycles. The lowest BCUT2D eigenvalue weighted by Crippen LogP contribution is -2.28. The van der Waals surface area contributed by atoms with Crippen LogP contribution in [0.4, 0.5) is 0 Å². The van der Waals surface area contributed by atoms with Crippen LogP contribution in [0.3, 0.4) is 0 Å². The van der Waals surface area contributed by atoms with Gasteiger partial charge in [0.25, 0.3) is 0 Å². The van der Waals surface area contributed by atoms with E-state index in [-0.39, 0.29) is 6.04 Å². The van der Waals surface area contributed by atoms with Gasteiger partial charge in [0.05, 0.1) is 0 Å². The van der Waals surface area contributed by atoms with Crippen molar-refractivity contribution in [3.05, 3.63) is 0 Å². The van der Waals surface area contributed by atoms with Crippen molar-refractivity contribution in [2.45, 2.75) is 38.1 Å². The molecule has 2 nitrogen and oxygen atoms in total. The first-order chi connectivity index (χ1) is 4.84. The van der Waals surface area contributed by atoms with Gasteiger partial charge in [0.15, 0.2) is 0 Å². The SMILES string of the molecule is NC(CC=O)C1CCCC1. The molecule has 0 aromatic carbocycles. The third kappa shape index (κ3) is 1.81. The van der Waals surface area contributed by atoms with Gasteiger partial charge in [-0.05, 0) is 18.8 Å². The van der Waals surface area contributed by atoms with Crippen molar-refractivity contribution in [3.63, 3.8) is 0 Å². The van der Waals surface area contributed by atoms with Crippen LogP contribution in [0.15, 0.2) is 0 Å². The number of hydrogen-bond donors (Lipinski definition) is 1. The van der Waals surface area contributed by atoms with Crippen molar-refractivity contribution < 1.29 is 4.79 Å². The Balaban J connectivity index is 2.24. The Kier molecular flexibility index (Phi) is 2.87. The van der Waals surface area contributed by atoms with E-state index >= 15 is 0 Å². The first-order valence-electron chi connectivity index (χ1n) is 4.04. The number of rotatable bonds is 3. The molecule has 0 aliphatic heterocycles. The summed E-state index contributed by atoms with van der Waals surface area (Å²) < 4.78 is 0. The summed E-state index contributed by atoms with van der Waals surface area (Å²) in [6, 6.07) is 0.139. The van der Waals surface area contributed by atoms with Gasteiger partial charge in [-0.25, -0.2) is 0 Å². The van der Waals surface area contributed by atoms with Crippen LogP contribution in [-0.2, 0) is 4.79 Å². The number of aldehydes is 1. The van der Waals surface area contributed by atoms with Crippen LogP contribution in [0.2, 0.25) is 0 Å². The highest BCUT2D eigenvalue weighted by atomic mass is 16.1. The van der Waals surface area contributed by atoms with E-state index in [1.54, 1.807) is 0 Å². The molecular formula is C8H15NO. The number of nitrogens with two attached hydrogens (primary N) is 1. The maximum absolute atomic E-state index is 10.1. The average Bonchev–Trinajstić information content (AvgIpc) is 2.38. The molecule has 0 bridgehead atoms. The summed E-state index contributed by atoms with van der Waals surface area (Å²) in [5, 5.41) is 0. The van der Waals surface area contributed by atoms with E-state index < -0.39 is 0 Å². The molecule has 2 N–H and O–H groups in total. The summed E-state index contributed by atoms with van der Waals surface area (Å²) >= 11 is 0. The van der Waals surface area contributed by atoms with Gasteiger partial charge < -0.3 is 10.5 Å². The van der Waals surface area contributed by atoms with Gasteiger partial charge in [-0.1, -0.05) is 12.8 Å². The first kappa shape index (κ1) is 7.73. The van der Waals surface area contributed by atoms with Crippen LogP contribution in [0, 0.1) is 5.92 Å². The first-order valence-corrected chi connectivity index (χ1v) is 4.04. The van der Waals surface area contributed by atoms with E-state index in [4.69, 9.17) is 5.73 Å². The molecule has 58 valence electrons. The van der Waals surface area contributed by atoms with E-state index in [1.807, 2.05) is 0 Å². The lowest BCUT2D eigenvalue weighted by atomic mass is 9.97. The van der Waals surface area contributed by atoms with Crippen LogP contribution in [-0.4, -0.2) is 12.3 Å². The maximum Gasteiger partial charge on any atom is 0.121 e. The Labute approximate surface area is 61.8 Å². The van der Waals surface area contributed by atoms with Gasteiger partial charge in [0, 0.05) is 12.5 Å². The van der Waals surface area contributed by atoms with Gasteiger partial charge in [-0.15, -0.1) is 0 Å². The van der Waals surface area contributed by atoms with Crippen molar-refractivity contribution in [1.29, 1.82) is 0 Å². The van der Waals surface area contributed by atoms with Gasteiger partial charge >= 0.3 is 0 Å². The molecule has 1 fully saturated rings. The largest absolute Gasteiger partial charge is 0.327 e.